The lowest BCUT2D eigenvalue weighted by atomic mass is 9.99. The lowest BCUT2D eigenvalue weighted by molar-refractivity contribution is -0.131. The fourth-order valence-corrected chi connectivity index (χ4v) is 2.59. The number of ether oxygens (including phenoxy) is 2. The first-order chi connectivity index (χ1) is 10.6. The van der Waals surface area contributed by atoms with Crippen LogP contribution in [-0.2, 0) is 11.3 Å². The van der Waals surface area contributed by atoms with Gasteiger partial charge in [0.2, 0.25) is 12.7 Å². The van der Waals surface area contributed by atoms with Crippen molar-refractivity contribution in [2.24, 2.45) is 0 Å². The molecule has 2 aromatic carbocycles. The largest absolute Gasteiger partial charge is 0.454 e. The molecule has 22 heavy (non-hydrogen) atoms. The smallest absolute Gasteiger partial charge is 0.231 e. The second kappa shape index (κ2) is 6.10. The van der Waals surface area contributed by atoms with Crippen LogP contribution in [0.4, 0.5) is 0 Å². The Labute approximate surface area is 130 Å². The minimum Gasteiger partial charge on any atom is -0.454 e. The molecule has 2 aromatic rings. The van der Waals surface area contributed by atoms with Gasteiger partial charge in [-0.05, 0) is 30.2 Å². The SMILES string of the molecule is CC(C(=O)N(C)Cc1ccccc1)c1ccc2c(c1)OCO2. The maximum absolute atomic E-state index is 12.6. The van der Waals surface area contributed by atoms with Crippen LogP contribution in [0, 0.1) is 0 Å². The Morgan fingerprint density at radius 2 is 1.86 bits per heavy atom. The number of rotatable bonds is 4. The molecular formula is C18H19NO3. The summed E-state index contributed by atoms with van der Waals surface area (Å²) in [5, 5.41) is 0. The number of fused-ring (bicyclic) bond motifs is 1. The topological polar surface area (TPSA) is 38.8 Å². The lowest BCUT2D eigenvalue weighted by Crippen LogP contribution is -2.30. The van der Waals surface area contributed by atoms with E-state index in [0.717, 1.165) is 16.9 Å². The van der Waals surface area contributed by atoms with Crippen molar-refractivity contribution >= 4 is 5.91 Å². The van der Waals surface area contributed by atoms with Gasteiger partial charge in [-0.2, -0.15) is 0 Å². The zero-order valence-electron chi connectivity index (χ0n) is 12.8. The van der Waals surface area contributed by atoms with Crippen LogP contribution in [0.15, 0.2) is 48.5 Å². The van der Waals surface area contributed by atoms with Crippen molar-refractivity contribution in [2.75, 3.05) is 13.8 Å². The summed E-state index contributed by atoms with van der Waals surface area (Å²) >= 11 is 0. The minimum absolute atomic E-state index is 0.0859. The maximum atomic E-state index is 12.6. The van der Waals surface area contributed by atoms with Crippen LogP contribution >= 0.6 is 0 Å². The van der Waals surface area contributed by atoms with Crippen molar-refractivity contribution in [1.29, 1.82) is 0 Å². The van der Waals surface area contributed by atoms with Crippen LogP contribution < -0.4 is 9.47 Å². The number of likely N-dealkylation sites (N-methyl/N-ethyl adjacent to an activating group) is 1. The van der Waals surface area contributed by atoms with Crippen molar-refractivity contribution in [2.45, 2.75) is 19.4 Å². The first-order valence-corrected chi connectivity index (χ1v) is 7.33. The van der Waals surface area contributed by atoms with Gasteiger partial charge in [-0.15, -0.1) is 0 Å². The Morgan fingerprint density at radius 3 is 2.64 bits per heavy atom. The lowest BCUT2D eigenvalue weighted by Gasteiger charge is -2.22. The number of hydrogen-bond acceptors (Lipinski definition) is 3. The predicted octanol–water partition coefficient (Wildman–Crippen LogP) is 3.18. The number of amides is 1. The molecule has 0 saturated carbocycles. The van der Waals surface area contributed by atoms with Gasteiger partial charge < -0.3 is 14.4 Å². The highest BCUT2D eigenvalue weighted by Crippen LogP contribution is 2.34. The Kier molecular flexibility index (Phi) is 4.00. The van der Waals surface area contributed by atoms with E-state index >= 15 is 0 Å². The van der Waals surface area contributed by atoms with Gasteiger partial charge >= 0.3 is 0 Å². The number of carbonyl (C=O) groups excluding carboxylic acids is 1. The van der Waals surface area contributed by atoms with E-state index in [9.17, 15) is 4.79 Å². The number of benzene rings is 2. The normalized spacial score (nSPS) is 13.7. The molecule has 1 aliphatic heterocycles. The number of hydrogen-bond donors (Lipinski definition) is 0. The third kappa shape index (κ3) is 2.91. The minimum atomic E-state index is -0.219. The van der Waals surface area contributed by atoms with E-state index in [0.29, 0.717) is 12.3 Å². The van der Waals surface area contributed by atoms with E-state index in [2.05, 4.69) is 0 Å². The summed E-state index contributed by atoms with van der Waals surface area (Å²) in [5.74, 6) is 1.31. The van der Waals surface area contributed by atoms with E-state index in [1.54, 1.807) is 4.90 Å². The third-order valence-corrected chi connectivity index (χ3v) is 3.91. The average molecular weight is 297 g/mol. The molecule has 3 rings (SSSR count). The molecule has 4 nitrogen and oxygen atoms in total. The van der Waals surface area contributed by atoms with Gasteiger partial charge in [-0.3, -0.25) is 4.79 Å². The van der Waals surface area contributed by atoms with Crippen molar-refractivity contribution < 1.29 is 14.3 Å². The van der Waals surface area contributed by atoms with Crippen LogP contribution in [0.1, 0.15) is 24.0 Å². The summed E-state index contributed by atoms with van der Waals surface area (Å²) in [6.07, 6.45) is 0. The molecule has 0 fully saturated rings. The molecule has 0 spiro atoms. The summed E-state index contributed by atoms with van der Waals surface area (Å²) < 4.78 is 10.7. The molecule has 1 atom stereocenters. The van der Waals surface area contributed by atoms with E-state index in [-0.39, 0.29) is 18.6 Å². The van der Waals surface area contributed by atoms with E-state index < -0.39 is 0 Å². The zero-order valence-corrected chi connectivity index (χ0v) is 12.8. The second-order valence-electron chi connectivity index (χ2n) is 5.51. The molecule has 0 bridgehead atoms. The van der Waals surface area contributed by atoms with Crippen LogP contribution in [0.5, 0.6) is 11.5 Å². The highest BCUT2D eigenvalue weighted by Gasteiger charge is 2.22. The van der Waals surface area contributed by atoms with E-state index in [1.165, 1.54) is 0 Å². The highest BCUT2D eigenvalue weighted by atomic mass is 16.7. The predicted molar refractivity (Wildman–Crippen MR) is 83.9 cm³/mol. The Bertz CT molecular complexity index is 669. The molecule has 4 heteroatoms. The van der Waals surface area contributed by atoms with Gasteiger partial charge in [0, 0.05) is 13.6 Å². The molecule has 1 heterocycles. The summed E-state index contributed by atoms with van der Waals surface area (Å²) in [5.41, 5.74) is 2.06. The number of carbonyl (C=O) groups is 1. The van der Waals surface area contributed by atoms with Gasteiger partial charge in [0.1, 0.15) is 0 Å². The molecule has 0 radical (unpaired) electrons. The van der Waals surface area contributed by atoms with Crippen molar-refractivity contribution in [3.05, 3.63) is 59.7 Å². The summed E-state index contributed by atoms with van der Waals surface area (Å²) in [4.78, 5) is 14.4. The van der Waals surface area contributed by atoms with Gasteiger partial charge in [-0.25, -0.2) is 0 Å². The van der Waals surface area contributed by atoms with Crippen LogP contribution in [-0.4, -0.2) is 24.6 Å². The molecule has 0 aliphatic carbocycles. The summed E-state index contributed by atoms with van der Waals surface area (Å²) in [6.45, 7) is 2.77. The van der Waals surface area contributed by atoms with Crippen molar-refractivity contribution in [3.8, 4) is 11.5 Å². The molecule has 1 unspecified atom stereocenters. The molecular weight excluding hydrogens is 278 g/mol. The van der Waals surface area contributed by atoms with Gasteiger partial charge in [-0.1, -0.05) is 36.4 Å². The third-order valence-electron chi connectivity index (χ3n) is 3.91. The quantitative estimate of drug-likeness (QED) is 0.870. The zero-order chi connectivity index (χ0) is 15.5. The van der Waals surface area contributed by atoms with Gasteiger partial charge in [0.15, 0.2) is 11.5 Å². The van der Waals surface area contributed by atoms with Crippen LogP contribution in [0.25, 0.3) is 0 Å². The Hall–Kier alpha value is -2.49. The van der Waals surface area contributed by atoms with Gasteiger partial charge in [0.25, 0.3) is 0 Å². The molecule has 1 aliphatic rings. The Balaban J connectivity index is 1.71. The first kappa shape index (κ1) is 14.4. The first-order valence-electron chi connectivity index (χ1n) is 7.33. The molecule has 0 aromatic heterocycles. The molecule has 0 N–H and O–H groups in total. The van der Waals surface area contributed by atoms with E-state index in [4.69, 9.17) is 9.47 Å². The van der Waals surface area contributed by atoms with Crippen LogP contribution in [0.3, 0.4) is 0 Å². The summed E-state index contributed by atoms with van der Waals surface area (Å²) in [6, 6.07) is 15.7. The number of nitrogens with zero attached hydrogens (tertiary/aromatic N) is 1. The standard InChI is InChI=1S/C18H19NO3/c1-13(15-8-9-16-17(10-15)22-12-21-16)18(20)19(2)11-14-6-4-3-5-7-14/h3-10,13H,11-12H2,1-2H3. The average Bonchev–Trinajstić information content (AvgIpc) is 3.02. The maximum Gasteiger partial charge on any atom is 0.231 e. The van der Waals surface area contributed by atoms with Crippen molar-refractivity contribution in [3.63, 3.8) is 0 Å². The van der Waals surface area contributed by atoms with E-state index in [1.807, 2.05) is 62.5 Å². The highest BCUT2D eigenvalue weighted by molar-refractivity contribution is 5.83. The van der Waals surface area contributed by atoms with Gasteiger partial charge in [0.05, 0.1) is 5.92 Å². The fraction of sp³-hybridized carbons (Fsp3) is 0.278. The summed E-state index contributed by atoms with van der Waals surface area (Å²) in [7, 11) is 1.83. The Morgan fingerprint density at radius 1 is 1.14 bits per heavy atom. The van der Waals surface area contributed by atoms with Crippen LogP contribution in [0.2, 0.25) is 0 Å². The molecule has 1 amide bonds. The molecule has 114 valence electrons. The monoisotopic (exact) mass is 297 g/mol. The second-order valence-corrected chi connectivity index (χ2v) is 5.51. The fourth-order valence-electron chi connectivity index (χ4n) is 2.59. The molecule has 0 saturated heterocycles. The van der Waals surface area contributed by atoms with Crippen molar-refractivity contribution in [1.82, 2.24) is 4.90 Å².